The van der Waals surface area contributed by atoms with E-state index in [-0.39, 0.29) is 52.8 Å². The van der Waals surface area contributed by atoms with Gasteiger partial charge in [0, 0.05) is 0 Å². The first-order chi connectivity index (χ1) is 9.36. The minimum Gasteiger partial charge on any atom is -1.00 e. The molecule has 3 aromatic rings. The second-order valence-electron chi connectivity index (χ2n) is 4.39. The maximum atomic E-state index is 2.12. The summed E-state index contributed by atoms with van der Waals surface area (Å²) in [4.78, 5) is 0. The molecule has 0 aliphatic heterocycles. The van der Waals surface area contributed by atoms with Crippen LogP contribution in [0.2, 0.25) is 0 Å². The smallest absolute Gasteiger partial charge is 1.00 e. The van der Waals surface area contributed by atoms with Gasteiger partial charge in [0.25, 0.3) is 0 Å². The van der Waals surface area contributed by atoms with Crippen molar-refractivity contribution < 1.29 is 52.8 Å². The molecule has 0 aliphatic carbocycles. The fourth-order valence-corrected chi connectivity index (χ4v) is 1.80. The molecule has 0 saturated carbocycles. The van der Waals surface area contributed by atoms with Gasteiger partial charge in [-0.15, -0.1) is 0 Å². The van der Waals surface area contributed by atoms with Gasteiger partial charge >= 0.3 is 51.4 Å². The molecule has 0 spiro atoms. The zero-order valence-electron chi connectivity index (χ0n) is 13.2. The molecule has 1 heteroatoms. The Hall–Kier alpha value is -0.704. The first-order valence-corrected chi connectivity index (χ1v) is 6.48. The molecule has 0 radical (unpaired) electrons. The molecule has 20 heavy (non-hydrogen) atoms. The fourth-order valence-electron chi connectivity index (χ4n) is 1.80. The summed E-state index contributed by atoms with van der Waals surface area (Å²) >= 11 is 0. The number of hydrogen-bond acceptors (Lipinski definition) is 0. The summed E-state index contributed by atoms with van der Waals surface area (Å²) in [7, 11) is 0. The van der Waals surface area contributed by atoms with Gasteiger partial charge in [-0.2, -0.15) is 0 Å². The SMILES string of the molecule is Cc1ccccc1.[H-].[K+].c1ccc(-c2ccccc2)cc1. The van der Waals surface area contributed by atoms with Gasteiger partial charge < -0.3 is 1.43 Å². The van der Waals surface area contributed by atoms with Gasteiger partial charge in [0.1, 0.15) is 0 Å². The molecule has 0 amide bonds. The maximum Gasteiger partial charge on any atom is 1.00 e. The van der Waals surface area contributed by atoms with Crippen LogP contribution < -0.4 is 51.4 Å². The van der Waals surface area contributed by atoms with E-state index >= 15 is 0 Å². The molecule has 0 aromatic heterocycles. The van der Waals surface area contributed by atoms with E-state index in [4.69, 9.17) is 0 Å². The quantitative estimate of drug-likeness (QED) is 0.603. The van der Waals surface area contributed by atoms with Crippen molar-refractivity contribution in [1.82, 2.24) is 0 Å². The predicted octanol–water partition coefficient (Wildman–Crippen LogP) is 2.47. The van der Waals surface area contributed by atoms with Gasteiger partial charge in [-0.1, -0.05) is 96.6 Å². The molecule has 0 atom stereocenters. The standard InChI is InChI=1S/C12H10.C7H8.K.H/c1-3-7-11(8-4-1)12-9-5-2-6-10-12;1-7-5-3-2-4-6-7;;/h1-10H;2-6H,1H3;;/q;;+1;-1. The monoisotopic (exact) mass is 286 g/mol. The molecule has 3 rings (SSSR count). The van der Waals surface area contributed by atoms with Crippen molar-refractivity contribution >= 4 is 0 Å². The van der Waals surface area contributed by atoms with E-state index in [1.165, 1.54) is 16.7 Å². The molecule has 0 bridgehead atoms. The second kappa shape index (κ2) is 10.1. The van der Waals surface area contributed by atoms with E-state index in [2.05, 4.69) is 67.6 Å². The third-order valence-electron chi connectivity index (χ3n) is 2.82. The summed E-state index contributed by atoms with van der Waals surface area (Å²) in [5.41, 5.74) is 3.87. The first kappa shape index (κ1) is 17.3. The molecular formula is C19H19K. The molecule has 3 aromatic carbocycles. The summed E-state index contributed by atoms with van der Waals surface area (Å²) in [6.07, 6.45) is 0. The summed E-state index contributed by atoms with van der Waals surface area (Å²) in [6, 6.07) is 31.0. The van der Waals surface area contributed by atoms with E-state index < -0.39 is 0 Å². The maximum absolute atomic E-state index is 2.12. The minimum atomic E-state index is 0. The van der Waals surface area contributed by atoms with Crippen molar-refractivity contribution in [3.05, 3.63) is 96.6 Å². The van der Waals surface area contributed by atoms with Crippen LogP contribution in [0.25, 0.3) is 11.1 Å². The summed E-state index contributed by atoms with van der Waals surface area (Å²) in [6.45, 7) is 2.08. The average molecular weight is 286 g/mol. The zero-order valence-corrected chi connectivity index (χ0v) is 15.3. The van der Waals surface area contributed by atoms with Gasteiger partial charge in [-0.3, -0.25) is 0 Å². The van der Waals surface area contributed by atoms with Crippen LogP contribution in [0.4, 0.5) is 0 Å². The molecule has 0 fully saturated rings. The van der Waals surface area contributed by atoms with E-state index in [0.717, 1.165) is 0 Å². The topological polar surface area (TPSA) is 0 Å². The van der Waals surface area contributed by atoms with E-state index in [1.54, 1.807) is 0 Å². The summed E-state index contributed by atoms with van der Waals surface area (Å²) in [5, 5.41) is 0. The molecule has 0 nitrogen and oxygen atoms in total. The Bertz CT molecular complexity index is 542. The van der Waals surface area contributed by atoms with Gasteiger partial charge in [-0.25, -0.2) is 0 Å². The third-order valence-corrected chi connectivity index (χ3v) is 2.82. The van der Waals surface area contributed by atoms with Crippen LogP contribution in [0, 0.1) is 6.92 Å². The van der Waals surface area contributed by atoms with Crippen LogP contribution in [0.5, 0.6) is 0 Å². The molecule has 96 valence electrons. The number of aryl methyl sites for hydroxylation is 1. The molecule has 0 saturated heterocycles. The average Bonchev–Trinajstić information content (AvgIpc) is 2.51. The van der Waals surface area contributed by atoms with Crippen LogP contribution >= 0.6 is 0 Å². The van der Waals surface area contributed by atoms with Crippen molar-refractivity contribution in [3.8, 4) is 11.1 Å². The summed E-state index contributed by atoms with van der Waals surface area (Å²) < 4.78 is 0. The molecule has 0 aliphatic rings. The van der Waals surface area contributed by atoms with Gasteiger partial charge in [0.2, 0.25) is 0 Å². The normalized spacial score (nSPS) is 8.85. The molecule has 0 unspecified atom stereocenters. The van der Waals surface area contributed by atoms with Gasteiger partial charge in [0.05, 0.1) is 0 Å². The number of rotatable bonds is 1. The van der Waals surface area contributed by atoms with Crippen molar-refractivity contribution in [2.24, 2.45) is 0 Å². The van der Waals surface area contributed by atoms with Crippen molar-refractivity contribution in [1.29, 1.82) is 0 Å². The van der Waals surface area contributed by atoms with Crippen LogP contribution in [0.3, 0.4) is 0 Å². The Morgan fingerprint density at radius 3 is 1.05 bits per heavy atom. The second-order valence-corrected chi connectivity index (χ2v) is 4.39. The Labute approximate surface area is 165 Å². The zero-order chi connectivity index (χ0) is 13.3. The minimum absolute atomic E-state index is 0. The fraction of sp³-hybridized carbons (Fsp3) is 0.0526. The predicted molar refractivity (Wildman–Crippen MR) is 84.2 cm³/mol. The molecular weight excluding hydrogens is 267 g/mol. The Morgan fingerprint density at radius 2 is 0.800 bits per heavy atom. The van der Waals surface area contributed by atoms with Crippen LogP contribution in [0.15, 0.2) is 91.0 Å². The molecule has 0 heterocycles. The third kappa shape index (κ3) is 6.16. The van der Waals surface area contributed by atoms with Crippen LogP contribution in [-0.2, 0) is 0 Å². The van der Waals surface area contributed by atoms with Crippen molar-refractivity contribution in [2.75, 3.05) is 0 Å². The van der Waals surface area contributed by atoms with E-state index in [1.807, 2.05) is 30.3 Å². The van der Waals surface area contributed by atoms with E-state index in [9.17, 15) is 0 Å². The van der Waals surface area contributed by atoms with Crippen LogP contribution in [0.1, 0.15) is 6.99 Å². The summed E-state index contributed by atoms with van der Waals surface area (Å²) in [5.74, 6) is 0. The Kier molecular flexibility index (Phi) is 8.75. The Morgan fingerprint density at radius 1 is 0.500 bits per heavy atom. The van der Waals surface area contributed by atoms with Gasteiger partial charge in [0.15, 0.2) is 0 Å². The van der Waals surface area contributed by atoms with E-state index in [0.29, 0.717) is 0 Å². The Balaban J connectivity index is 0.000000389. The first-order valence-electron chi connectivity index (χ1n) is 6.48. The van der Waals surface area contributed by atoms with Gasteiger partial charge in [-0.05, 0) is 18.1 Å². The largest absolute Gasteiger partial charge is 1.00 e. The van der Waals surface area contributed by atoms with Crippen molar-refractivity contribution in [2.45, 2.75) is 6.92 Å². The van der Waals surface area contributed by atoms with Crippen molar-refractivity contribution in [3.63, 3.8) is 0 Å². The molecule has 0 N–H and O–H groups in total. The number of benzene rings is 3. The number of hydrogen-bond donors (Lipinski definition) is 0. The van der Waals surface area contributed by atoms with Crippen LogP contribution in [-0.4, -0.2) is 0 Å².